The molecule has 1 aliphatic rings. The lowest BCUT2D eigenvalue weighted by Crippen LogP contribution is -2.15. The van der Waals surface area contributed by atoms with E-state index >= 15 is 0 Å². The van der Waals surface area contributed by atoms with E-state index in [-0.39, 0.29) is 0 Å². The van der Waals surface area contributed by atoms with Crippen LogP contribution in [0.3, 0.4) is 0 Å². The maximum absolute atomic E-state index is 12.0. The summed E-state index contributed by atoms with van der Waals surface area (Å²) in [6.07, 6.45) is 4.48. The summed E-state index contributed by atoms with van der Waals surface area (Å²) >= 11 is 0. The van der Waals surface area contributed by atoms with Gasteiger partial charge in [0.15, 0.2) is 0 Å². The first kappa shape index (κ1) is 14.5. The van der Waals surface area contributed by atoms with Gasteiger partial charge in [-0.25, -0.2) is 0 Å². The quantitative estimate of drug-likeness (QED) is 0.795. The van der Waals surface area contributed by atoms with E-state index < -0.39 is 10.1 Å². The second-order valence-electron chi connectivity index (χ2n) is 5.62. The van der Waals surface area contributed by atoms with Gasteiger partial charge in [-0.15, -0.1) is 0 Å². The van der Waals surface area contributed by atoms with Crippen LogP contribution in [0.2, 0.25) is 0 Å². The summed E-state index contributed by atoms with van der Waals surface area (Å²) in [4.78, 5) is 0.347. The highest BCUT2D eigenvalue weighted by molar-refractivity contribution is 7.86. The Morgan fingerprint density at radius 2 is 1.79 bits per heavy atom. The topological polar surface area (TPSA) is 43.4 Å². The summed E-state index contributed by atoms with van der Waals surface area (Å²) < 4.78 is 28.7. The zero-order valence-electron chi connectivity index (χ0n) is 11.8. The van der Waals surface area contributed by atoms with Crippen LogP contribution in [0.1, 0.15) is 49.7 Å². The van der Waals surface area contributed by atoms with Gasteiger partial charge < -0.3 is 0 Å². The molecule has 1 aromatic carbocycles. The normalized spacial score (nSPS) is 24.4. The molecule has 106 valence electrons. The fraction of sp³-hybridized carbons (Fsp3) is 0.600. The van der Waals surface area contributed by atoms with Crippen LogP contribution in [0.25, 0.3) is 0 Å². The van der Waals surface area contributed by atoms with E-state index in [2.05, 4.69) is 11.1 Å². The first-order valence-electron chi connectivity index (χ1n) is 6.85. The number of hydrogen-bond donors (Lipinski definition) is 0. The monoisotopic (exact) mass is 282 g/mol. The predicted octanol–water partition coefficient (Wildman–Crippen LogP) is 3.62. The van der Waals surface area contributed by atoms with E-state index in [1.165, 1.54) is 20.0 Å². The van der Waals surface area contributed by atoms with Crippen molar-refractivity contribution in [3.05, 3.63) is 29.3 Å². The van der Waals surface area contributed by atoms with Crippen molar-refractivity contribution in [1.29, 1.82) is 0 Å². The van der Waals surface area contributed by atoms with Crippen molar-refractivity contribution >= 4 is 10.1 Å². The van der Waals surface area contributed by atoms with Crippen molar-refractivity contribution in [2.45, 2.75) is 50.3 Å². The van der Waals surface area contributed by atoms with Crippen LogP contribution in [-0.4, -0.2) is 15.5 Å². The summed E-state index contributed by atoms with van der Waals surface area (Å²) in [5.41, 5.74) is 2.04. The summed E-state index contributed by atoms with van der Waals surface area (Å²) in [6.45, 7) is 4.26. The number of aryl methyl sites for hydroxylation is 1. The van der Waals surface area contributed by atoms with Crippen LogP contribution in [-0.2, 0) is 14.3 Å². The fourth-order valence-corrected chi connectivity index (χ4v) is 3.80. The summed E-state index contributed by atoms with van der Waals surface area (Å²) in [5.74, 6) is 1.10. The third-order valence-electron chi connectivity index (χ3n) is 4.11. The Balaban J connectivity index is 2.41. The Bertz CT molecular complexity index is 541. The summed E-state index contributed by atoms with van der Waals surface area (Å²) in [7, 11) is -2.38. The lowest BCUT2D eigenvalue weighted by atomic mass is 9.79. The average Bonchev–Trinajstić information content (AvgIpc) is 2.39. The number of benzene rings is 1. The maximum atomic E-state index is 12.0. The average molecular weight is 282 g/mol. The highest BCUT2D eigenvalue weighted by Gasteiger charge is 2.26. The maximum Gasteiger partial charge on any atom is 0.296 e. The molecule has 0 amide bonds. The molecule has 0 atom stereocenters. The molecule has 0 saturated heterocycles. The van der Waals surface area contributed by atoms with Crippen LogP contribution in [0, 0.1) is 12.8 Å². The predicted molar refractivity (Wildman–Crippen MR) is 75.7 cm³/mol. The SMILES string of the molecule is COS(=O)(=O)c1ccc(C)cc1C1CCC(C)CC1. The van der Waals surface area contributed by atoms with Gasteiger partial charge in [0.2, 0.25) is 0 Å². The van der Waals surface area contributed by atoms with Crippen molar-refractivity contribution in [3.63, 3.8) is 0 Å². The van der Waals surface area contributed by atoms with Gasteiger partial charge in [-0.05, 0) is 43.2 Å². The third kappa shape index (κ3) is 3.18. The molecule has 1 fully saturated rings. The van der Waals surface area contributed by atoms with Crippen LogP contribution in [0.15, 0.2) is 23.1 Å². The standard InChI is InChI=1S/C15H22O3S/c1-11-4-7-13(8-5-11)14-10-12(2)6-9-15(14)19(16,17)18-3/h6,9-11,13H,4-5,7-8H2,1-3H3. The van der Waals surface area contributed by atoms with Gasteiger partial charge in [-0.3, -0.25) is 4.18 Å². The van der Waals surface area contributed by atoms with E-state index in [1.54, 1.807) is 6.07 Å². The van der Waals surface area contributed by atoms with Gasteiger partial charge in [-0.1, -0.05) is 37.5 Å². The van der Waals surface area contributed by atoms with Gasteiger partial charge in [0, 0.05) is 0 Å². The van der Waals surface area contributed by atoms with Crippen molar-refractivity contribution < 1.29 is 12.6 Å². The molecule has 0 aromatic heterocycles. The molecule has 0 radical (unpaired) electrons. The van der Waals surface area contributed by atoms with Gasteiger partial charge in [-0.2, -0.15) is 8.42 Å². The van der Waals surface area contributed by atoms with E-state index in [9.17, 15) is 8.42 Å². The first-order valence-corrected chi connectivity index (χ1v) is 8.26. The Morgan fingerprint density at radius 3 is 2.37 bits per heavy atom. The molecule has 2 rings (SSSR count). The zero-order valence-corrected chi connectivity index (χ0v) is 12.7. The molecular formula is C15H22O3S. The smallest absolute Gasteiger partial charge is 0.270 e. The van der Waals surface area contributed by atoms with Crippen molar-refractivity contribution in [2.24, 2.45) is 5.92 Å². The molecule has 0 spiro atoms. The third-order valence-corrected chi connectivity index (χ3v) is 5.46. The molecular weight excluding hydrogens is 260 g/mol. The number of rotatable bonds is 3. The molecule has 0 aliphatic heterocycles. The number of hydrogen-bond acceptors (Lipinski definition) is 3. The molecule has 1 aliphatic carbocycles. The molecule has 0 heterocycles. The lowest BCUT2D eigenvalue weighted by Gasteiger charge is -2.28. The molecule has 1 aromatic rings. The second-order valence-corrected chi connectivity index (χ2v) is 7.30. The molecule has 0 N–H and O–H groups in total. The lowest BCUT2D eigenvalue weighted by molar-refractivity contribution is 0.343. The molecule has 4 heteroatoms. The van der Waals surface area contributed by atoms with Gasteiger partial charge in [0.05, 0.1) is 12.0 Å². The fourth-order valence-electron chi connectivity index (χ4n) is 2.88. The van der Waals surface area contributed by atoms with Crippen LogP contribution < -0.4 is 0 Å². The Hall–Kier alpha value is -0.870. The highest BCUT2D eigenvalue weighted by atomic mass is 32.2. The van der Waals surface area contributed by atoms with Crippen LogP contribution in [0.4, 0.5) is 0 Å². The molecule has 19 heavy (non-hydrogen) atoms. The second kappa shape index (κ2) is 5.63. The van der Waals surface area contributed by atoms with E-state index in [0.717, 1.165) is 29.9 Å². The van der Waals surface area contributed by atoms with E-state index in [1.807, 2.05) is 19.1 Å². The highest BCUT2D eigenvalue weighted by Crippen LogP contribution is 2.38. The Morgan fingerprint density at radius 1 is 1.16 bits per heavy atom. The minimum absolute atomic E-state index is 0.344. The van der Waals surface area contributed by atoms with E-state index in [4.69, 9.17) is 0 Å². The van der Waals surface area contributed by atoms with Gasteiger partial charge in [0.25, 0.3) is 10.1 Å². The molecule has 1 saturated carbocycles. The molecule has 0 bridgehead atoms. The van der Waals surface area contributed by atoms with E-state index in [0.29, 0.717) is 10.8 Å². The first-order chi connectivity index (χ1) is 8.94. The van der Waals surface area contributed by atoms with Crippen LogP contribution >= 0.6 is 0 Å². The van der Waals surface area contributed by atoms with Crippen molar-refractivity contribution in [2.75, 3.05) is 7.11 Å². The summed E-state index contributed by atoms with van der Waals surface area (Å²) in [6, 6.07) is 5.52. The van der Waals surface area contributed by atoms with Crippen molar-refractivity contribution in [1.82, 2.24) is 0 Å². The Kier molecular flexibility index (Phi) is 4.31. The molecule has 3 nitrogen and oxygen atoms in total. The minimum Gasteiger partial charge on any atom is -0.270 e. The minimum atomic E-state index is -3.61. The Labute approximate surface area is 116 Å². The van der Waals surface area contributed by atoms with Gasteiger partial charge in [0.1, 0.15) is 0 Å². The van der Waals surface area contributed by atoms with Crippen LogP contribution in [0.5, 0.6) is 0 Å². The largest absolute Gasteiger partial charge is 0.296 e. The zero-order chi connectivity index (χ0) is 14.0. The van der Waals surface area contributed by atoms with Gasteiger partial charge >= 0.3 is 0 Å². The van der Waals surface area contributed by atoms with Crippen molar-refractivity contribution in [3.8, 4) is 0 Å². The molecule has 0 unspecified atom stereocenters. The summed E-state index contributed by atoms with van der Waals surface area (Å²) in [5, 5.41) is 0.